The largest absolute Gasteiger partial charge is 0.493 e. The molecule has 0 aliphatic carbocycles. The van der Waals surface area contributed by atoms with Gasteiger partial charge in [0.1, 0.15) is 0 Å². The van der Waals surface area contributed by atoms with Crippen molar-refractivity contribution in [2.45, 2.75) is 0 Å². The lowest BCUT2D eigenvalue weighted by Gasteiger charge is -2.11. The van der Waals surface area contributed by atoms with Crippen molar-refractivity contribution in [1.29, 1.82) is 0 Å². The highest BCUT2D eigenvalue weighted by molar-refractivity contribution is 6.31. The first-order valence-electron chi connectivity index (χ1n) is 8.85. The van der Waals surface area contributed by atoms with Gasteiger partial charge in [-0.2, -0.15) is 0 Å². The molecule has 0 unspecified atom stereocenters. The normalized spacial score (nSPS) is 10.7. The monoisotopic (exact) mass is 442 g/mol. The third kappa shape index (κ3) is 6.73. The molecular weight excluding hydrogens is 424 g/mol. The molecular formula is C22H18O10. The van der Waals surface area contributed by atoms with Gasteiger partial charge in [-0.3, -0.25) is 0 Å². The second-order valence-corrected chi connectivity index (χ2v) is 5.94. The maximum atomic E-state index is 12.2. The Morgan fingerprint density at radius 2 is 1.03 bits per heavy atom. The van der Waals surface area contributed by atoms with Crippen LogP contribution in [0, 0.1) is 0 Å². The Hall–Kier alpha value is -4.60. The van der Waals surface area contributed by atoms with E-state index in [-0.39, 0.29) is 23.0 Å². The van der Waals surface area contributed by atoms with Crippen molar-refractivity contribution in [3.63, 3.8) is 0 Å². The van der Waals surface area contributed by atoms with E-state index in [0.29, 0.717) is 11.1 Å². The van der Waals surface area contributed by atoms with E-state index in [4.69, 9.17) is 29.2 Å². The molecule has 0 fully saturated rings. The second kappa shape index (κ2) is 11.0. The fraction of sp³-hybridized carbons (Fsp3) is 0.0909. The van der Waals surface area contributed by atoms with Gasteiger partial charge in [-0.15, -0.1) is 0 Å². The summed E-state index contributed by atoms with van der Waals surface area (Å²) >= 11 is 0. The topological polar surface area (TPSA) is 146 Å². The molecule has 0 saturated carbocycles. The summed E-state index contributed by atoms with van der Waals surface area (Å²) in [4.78, 5) is 45.6. The molecule has 2 aromatic carbocycles. The molecule has 0 spiro atoms. The number of hydrogen-bond acceptors (Lipinski definition) is 8. The number of ether oxygens (including phenoxy) is 4. The van der Waals surface area contributed by atoms with E-state index in [2.05, 4.69) is 0 Å². The minimum atomic E-state index is -1.34. The Morgan fingerprint density at radius 1 is 0.656 bits per heavy atom. The smallest absolute Gasteiger partial charge is 0.423 e. The molecule has 0 heterocycles. The molecule has 10 heteroatoms. The summed E-state index contributed by atoms with van der Waals surface area (Å²) in [6.45, 7) is 0. The van der Waals surface area contributed by atoms with Crippen LogP contribution >= 0.6 is 0 Å². The maximum absolute atomic E-state index is 12.2. The Bertz CT molecular complexity index is 1010. The van der Waals surface area contributed by atoms with E-state index in [1.54, 1.807) is 0 Å². The lowest BCUT2D eigenvalue weighted by atomic mass is 10.2. The number of aliphatic carboxylic acids is 2. The van der Waals surface area contributed by atoms with Crippen molar-refractivity contribution in [2.75, 3.05) is 14.2 Å². The molecule has 0 aliphatic rings. The third-order valence-electron chi connectivity index (χ3n) is 3.78. The van der Waals surface area contributed by atoms with Crippen molar-refractivity contribution in [1.82, 2.24) is 0 Å². The van der Waals surface area contributed by atoms with Crippen LogP contribution in [0.2, 0.25) is 0 Å². The van der Waals surface area contributed by atoms with Crippen molar-refractivity contribution >= 4 is 36.0 Å². The number of carboxylic acids is 2. The van der Waals surface area contributed by atoms with Crippen LogP contribution in [0.4, 0.5) is 0 Å². The lowest BCUT2D eigenvalue weighted by Crippen LogP contribution is -2.25. The number of benzene rings is 2. The number of methoxy groups -OCH3 is 2. The van der Waals surface area contributed by atoms with Crippen LogP contribution in [0.15, 0.2) is 48.6 Å². The van der Waals surface area contributed by atoms with Crippen LogP contribution in [-0.4, -0.2) is 48.3 Å². The molecule has 2 rings (SSSR count). The molecule has 0 atom stereocenters. The van der Waals surface area contributed by atoms with Gasteiger partial charge < -0.3 is 29.2 Å². The molecule has 0 aliphatic heterocycles. The number of rotatable bonds is 8. The van der Waals surface area contributed by atoms with Gasteiger partial charge in [-0.25, -0.2) is 19.2 Å². The van der Waals surface area contributed by atoms with Crippen LogP contribution in [-0.2, 0) is 19.2 Å². The van der Waals surface area contributed by atoms with Gasteiger partial charge in [0.05, 0.1) is 14.2 Å². The summed E-state index contributed by atoms with van der Waals surface area (Å²) in [7, 11) is 2.61. The number of esters is 2. The summed E-state index contributed by atoms with van der Waals surface area (Å²) in [6.07, 6.45) is 4.47. The minimum absolute atomic E-state index is 0.0805. The van der Waals surface area contributed by atoms with Crippen LogP contribution in [0.5, 0.6) is 23.0 Å². The van der Waals surface area contributed by atoms with E-state index in [0.717, 1.165) is 12.2 Å². The fourth-order valence-corrected chi connectivity index (χ4v) is 2.36. The summed E-state index contributed by atoms with van der Waals surface area (Å²) < 4.78 is 20.2. The molecule has 166 valence electrons. The highest BCUT2D eigenvalue weighted by Crippen LogP contribution is 2.30. The molecule has 0 aromatic heterocycles. The van der Waals surface area contributed by atoms with E-state index >= 15 is 0 Å². The molecule has 0 saturated heterocycles. The van der Waals surface area contributed by atoms with Crippen LogP contribution in [0.1, 0.15) is 11.1 Å². The quantitative estimate of drug-likeness (QED) is 0.270. The Morgan fingerprint density at radius 3 is 1.34 bits per heavy atom. The van der Waals surface area contributed by atoms with Gasteiger partial charge in [0.25, 0.3) is 0 Å². The van der Waals surface area contributed by atoms with Crippen molar-refractivity contribution in [2.24, 2.45) is 0 Å². The number of carboxylic acid groups (broad SMARTS) is 2. The zero-order valence-electron chi connectivity index (χ0n) is 16.9. The first kappa shape index (κ1) is 23.7. The zero-order chi connectivity index (χ0) is 23.7. The molecule has 2 aromatic rings. The van der Waals surface area contributed by atoms with E-state index in [9.17, 15) is 19.2 Å². The van der Waals surface area contributed by atoms with Gasteiger partial charge in [0, 0.05) is 12.2 Å². The molecule has 0 bridgehead atoms. The average molecular weight is 442 g/mol. The molecule has 2 N–H and O–H groups in total. The van der Waals surface area contributed by atoms with Gasteiger partial charge >= 0.3 is 23.9 Å². The first-order valence-corrected chi connectivity index (χ1v) is 8.85. The Kier molecular flexibility index (Phi) is 8.12. The SMILES string of the molecule is COc1cc(/C=C/C(=O)O)ccc1OC(=O)C(=O)Oc1ccc(/C=C/C(=O)O)cc1OC. The predicted octanol–water partition coefficient (Wildman–Crippen LogP) is 2.41. The standard InChI is InChI=1S/C22H18O10/c1-29-17-11-13(5-9-19(23)24)3-7-15(17)31-21(27)22(28)32-16-8-4-14(6-10-20(25)26)12-18(16)30-2/h3-12H,1-2H3,(H,23,24)(H,25,26)/b9-5+,10-6+. The van der Waals surface area contributed by atoms with Gasteiger partial charge in [0.15, 0.2) is 23.0 Å². The Labute approximate surface area is 181 Å². The molecule has 0 radical (unpaired) electrons. The third-order valence-corrected chi connectivity index (χ3v) is 3.78. The summed E-state index contributed by atoms with van der Waals surface area (Å²) in [5.41, 5.74) is 0.932. The molecule has 0 amide bonds. The maximum Gasteiger partial charge on any atom is 0.423 e. The van der Waals surface area contributed by atoms with Gasteiger partial charge in [-0.05, 0) is 47.5 Å². The number of hydrogen-bond donors (Lipinski definition) is 2. The van der Waals surface area contributed by atoms with E-state index < -0.39 is 23.9 Å². The van der Waals surface area contributed by atoms with Crippen LogP contribution in [0.25, 0.3) is 12.2 Å². The van der Waals surface area contributed by atoms with Gasteiger partial charge in [-0.1, -0.05) is 12.1 Å². The summed E-state index contributed by atoms with van der Waals surface area (Å²) in [6, 6.07) is 8.41. The van der Waals surface area contributed by atoms with Crippen molar-refractivity contribution in [3.05, 3.63) is 59.7 Å². The van der Waals surface area contributed by atoms with Crippen molar-refractivity contribution in [3.8, 4) is 23.0 Å². The highest BCUT2D eigenvalue weighted by atomic mass is 16.6. The second-order valence-electron chi connectivity index (χ2n) is 5.94. The summed E-state index contributed by atoms with van der Waals surface area (Å²) in [5, 5.41) is 17.4. The van der Waals surface area contributed by atoms with E-state index in [1.165, 1.54) is 62.8 Å². The summed E-state index contributed by atoms with van der Waals surface area (Å²) in [5.74, 6) is -4.93. The highest BCUT2D eigenvalue weighted by Gasteiger charge is 2.23. The fourth-order valence-electron chi connectivity index (χ4n) is 2.36. The number of carbonyl (C=O) groups excluding carboxylic acids is 2. The van der Waals surface area contributed by atoms with Gasteiger partial charge in [0.2, 0.25) is 0 Å². The molecule has 10 nitrogen and oxygen atoms in total. The van der Waals surface area contributed by atoms with Crippen LogP contribution < -0.4 is 18.9 Å². The molecule has 32 heavy (non-hydrogen) atoms. The van der Waals surface area contributed by atoms with Crippen LogP contribution in [0.3, 0.4) is 0 Å². The first-order chi connectivity index (χ1) is 15.2. The average Bonchev–Trinajstić information content (AvgIpc) is 2.77. The van der Waals surface area contributed by atoms with Crippen molar-refractivity contribution < 1.29 is 48.3 Å². The zero-order valence-corrected chi connectivity index (χ0v) is 16.9. The lowest BCUT2D eigenvalue weighted by molar-refractivity contribution is -0.156. The Balaban J connectivity index is 2.14. The predicted molar refractivity (Wildman–Crippen MR) is 111 cm³/mol. The minimum Gasteiger partial charge on any atom is -0.493 e. The number of carbonyl (C=O) groups is 4. The van der Waals surface area contributed by atoms with E-state index in [1.807, 2.05) is 0 Å².